The van der Waals surface area contributed by atoms with E-state index in [9.17, 15) is 13.2 Å². The van der Waals surface area contributed by atoms with Gasteiger partial charge < -0.3 is 9.47 Å². The highest BCUT2D eigenvalue weighted by molar-refractivity contribution is 9.10. The first kappa shape index (κ1) is 14.4. The quantitative estimate of drug-likeness (QED) is 0.792. The van der Waals surface area contributed by atoms with E-state index in [1.54, 1.807) is 13.8 Å². The smallest absolute Gasteiger partial charge is 0.486 e. The summed E-state index contributed by atoms with van der Waals surface area (Å²) in [5, 5.41) is 0.0484. The molecule has 0 aliphatic heterocycles. The van der Waals surface area contributed by atoms with E-state index in [2.05, 4.69) is 20.7 Å². The van der Waals surface area contributed by atoms with Crippen LogP contribution in [0.3, 0.4) is 0 Å². The van der Waals surface area contributed by atoms with E-state index in [0.717, 1.165) is 6.07 Å². The van der Waals surface area contributed by atoms with E-state index >= 15 is 0 Å². The molecule has 0 unspecified atom stereocenters. The molecule has 1 aromatic carbocycles. The molecule has 0 spiro atoms. The molecule has 0 bridgehead atoms. The van der Waals surface area contributed by atoms with Crippen LogP contribution >= 0.6 is 27.5 Å². The molecule has 96 valence electrons. The van der Waals surface area contributed by atoms with Crippen molar-refractivity contribution in [3.05, 3.63) is 21.6 Å². The van der Waals surface area contributed by atoms with Gasteiger partial charge in [-0.1, -0.05) is 27.5 Å². The van der Waals surface area contributed by atoms with Gasteiger partial charge >= 0.3 is 6.36 Å². The molecule has 0 saturated carbocycles. The second kappa shape index (κ2) is 5.35. The van der Waals surface area contributed by atoms with E-state index in [0.29, 0.717) is 4.47 Å². The molecule has 0 fully saturated rings. The summed E-state index contributed by atoms with van der Waals surface area (Å²) in [7, 11) is 0. The predicted molar refractivity (Wildman–Crippen MR) is 61.6 cm³/mol. The van der Waals surface area contributed by atoms with Gasteiger partial charge in [0.15, 0.2) is 11.5 Å². The van der Waals surface area contributed by atoms with Crippen molar-refractivity contribution in [3.8, 4) is 11.5 Å². The third-order valence-electron chi connectivity index (χ3n) is 1.55. The number of hydrogen-bond acceptors (Lipinski definition) is 2. The van der Waals surface area contributed by atoms with Crippen molar-refractivity contribution in [3.63, 3.8) is 0 Å². The van der Waals surface area contributed by atoms with Crippen LogP contribution in [0.15, 0.2) is 16.6 Å². The van der Waals surface area contributed by atoms with Crippen LogP contribution in [-0.4, -0.2) is 12.5 Å². The first-order chi connectivity index (χ1) is 7.69. The fourth-order valence-electron chi connectivity index (χ4n) is 1.09. The molecule has 1 rings (SSSR count). The van der Waals surface area contributed by atoms with Gasteiger partial charge in [-0.05, 0) is 26.0 Å². The molecule has 0 atom stereocenters. The zero-order valence-electron chi connectivity index (χ0n) is 8.94. The molecular weight excluding hydrogens is 324 g/mol. The Bertz CT molecular complexity index is 407. The summed E-state index contributed by atoms with van der Waals surface area (Å²) < 4.78 is 46.0. The molecular formula is C10H9BrClF3O2. The summed E-state index contributed by atoms with van der Waals surface area (Å²) in [5.74, 6) is -0.590. The number of hydrogen-bond donors (Lipinski definition) is 0. The van der Waals surface area contributed by atoms with Gasteiger partial charge in [0.2, 0.25) is 0 Å². The highest BCUT2D eigenvalue weighted by atomic mass is 79.9. The fourth-order valence-corrected chi connectivity index (χ4v) is 1.91. The average molecular weight is 334 g/mol. The third kappa shape index (κ3) is 4.63. The molecule has 0 aromatic heterocycles. The van der Waals surface area contributed by atoms with Gasteiger partial charge in [0, 0.05) is 4.47 Å². The Morgan fingerprint density at radius 2 is 1.88 bits per heavy atom. The number of alkyl halides is 3. The Morgan fingerprint density at radius 3 is 2.35 bits per heavy atom. The van der Waals surface area contributed by atoms with Crippen molar-refractivity contribution in [1.82, 2.24) is 0 Å². The Balaban J connectivity index is 3.15. The van der Waals surface area contributed by atoms with E-state index in [1.165, 1.54) is 6.07 Å². The first-order valence-electron chi connectivity index (χ1n) is 4.60. The monoisotopic (exact) mass is 332 g/mol. The number of halogens is 5. The van der Waals surface area contributed by atoms with E-state index in [4.69, 9.17) is 16.3 Å². The van der Waals surface area contributed by atoms with Crippen LogP contribution < -0.4 is 9.47 Å². The zero-order chi connectivity index (χ0) is 13.2. The number of ether oxygens (including phenoxy) is 2. The molecule has 0 heterocycles. The minimum absolute atomic E-state index is 0.0484. The predicted octanol–water partition coefficient (Wildman–Crippen LogP) is 4.79. The second-order valence-electron chi connectivity index (χ2n) is 3.43. The second-order valence-corrected chi connectivity index (χ2v) is 4.75. The van der Waals surface area contributed by atoms with Crippen molar-refractivity contribution < 1.29 is 22.6 Å². The summed E-state index contributed by atoms with van der Waals surface area (Å²) >= 11 is 8.84. The molecule has 0 aliphatic rings. The van der Waals surface area contributed by atoms with E-state index < -0.39 is 12.1 Å². The lowest BCUT2D eigenvalue weighted by molar-refractivity contribution is -0.275. The third-order valence-corrected chi connectivity index (χ3v) is 2.29. The van der Waals surface area contributed by atoms with Gasteiger partial charge in [-0.3, -0.25) is 0 Å². The zero-order valence-corrected chi connectivity index (χ0v) is 11.3. The maximum Gasteiger partial charge on any atom is 0.573 e. The Morgan fingerprint density at radius 1 is 1.29 bits per heavy atom. The van der Waals surface area contributed by atoms with Crippen molar-refractivity contribution in [1.29, 1.82) is 0 Å². The highest BCUT2D eigenvalue weighted by Gasteiger charge is 2.33. The molecule has 1 aromatic rings. The minimum atomic E-state index is -4.79. The average Bonchev–Trinajstić information content (AvgIpc) is 2.07. The maximum absolute atomic E-state index is 12.2. The summed E-state index contributed by atoms with van der Waals surface area (Å²) in [6.07, 6.45) is -5.11. The fraction of sp³-hybridized carbons (Fsp3) is 0.400. The van der Waals surface area contributed by atoms with Crippen LogP contribution in [0.5, 0.6) is 11.5 Å². The standard InChI is InChI=1S/C10H9BrClF3O2/c1-5(2)16-9-7(12)3-6(11)4-8(9)17-10(13,14)15/h3-5H,1-2H3. The molecule has 0 aliphatic carbocycles. The molecule has 0 amide bonds. The van der Waals surface area contributed by atoms with Crippen LogP contribution in [0.25, 0.3) is 0 Å². The Labute approximate surface area is 110 Å². The SMILES string of the molecule is CC(C)Oc1c(Cl)cc(Br)cc1OC(F)(F)F. The van der Waals surface area contributed by atoms with Crippen molar-refractivity contribution in [2.75, 3.05) is 0 Å². The van der Waals surface area contributed by atoms with Gasteiger partial charge in [0.1, 0.15) is 0 Å². The molecule has 7 heteroatoms. The Hall–Kier alpha value is -0.620. The highest BCUT2D eigenvalue weighted by Crippen LogP contribution is 2.41. The summed E-state index contributed by atoms with van der Waals surface area (Å²) in [5.41, 5.74) is 0. The molecule has 2 nitrogen and oxygen atoms in total. The molecule has 0 N–H and O–H groups in total. The molecule has 0 radical (unpaired) electrons. The van der Waals surface area contributed by atoms with Crippen LogP contribution in [0.2, 0.25) is 5.02 Å². The Kier molecular flexibility index (Phi) is 4.55. The van der Waals surface area contributed by atoms with Crippen LogP contribution in [-0.2, 0) is 0 Å². The van der Waals surface area contributed by atoms with Crippen LogP contribution in [0.4, 0.5) is 13.2 Å². The normalized spacial score (nSPS) is 11.8. The molecule has 17 heavy (non-hydrogen) atoms. The lowest BCUT2D eigenvalue weighted by Crippen LogP contribution is -2.18. The summed E-state index contributed by atoms with van der Waals surface area (Å²) in [4.78, 5) is 0. The number of benzene rings is 1. The summed E-state index contributed by atoms with van der Waals surface area (Å²) in [6, 6.07) is 2.58. The van der Waals surface area contributed by atoms with Gasteiger partial charge in [0.05, 0.1) is 11.1 Å². The summed E-state index contributed by atoms with van der Waals surface area (Å²) in [6.45, 7) is 3.35. The van der Waals surface area contributed by atoms with E-state index in [-0.39, 0.29) is 16.9 Å². The first-order valence-corrected chi connectivity index (χ1v) is 5.77. The van der Waals surface area contributed by atoms with Gasteiger partial charge in [-0.15, -0.1) is 13.2 Å². The maximum atomic E-state index is 12.2. The van der Waals surface area contributed by atoms with Crippen molar-refractivity contribution in [2.24, 2.45) is 0 Å². The van der Waals surface area contributed by atoms with Crippen molar-refractivity contribution in [2.45, 2.75) is 26.3 Å². The van der Waals surface area contributed by atoms with Crippen LogP contribution in [0.1, 0.15) is 13.8 Å². The number of rotatable bonds is 3. The van der Waals surface area contributed by atoms with Crippen molar-refractivity contribution >= 4 is 27.5 Å². The van der Waals surface area contributed by atoms with Crippen LogP contribution in [0, 0.1) is 0 Å². The molecule has 0 saturated heterocycles. The minimum Gasteiger partial charge on any atom is -0.486 e. The van der Waals surface area contributed by atoms with Gasteiger partial charge in [-0.25, -0.2) is 0 Å². The van der Waals surface area contributed by atoms with E-state index in [1.807, 2.05) is 0 Å². The lowest BCUT2D eigenvalue weighted by atomic mass is 10.3. The topological polar surface area (TPSA) is 18.5 Å². The van der Waals surface area contributed by atoms with Gasteiger partial charge in [-0.2, -0.15) is 0 Å². The largest absolute Gasteiger partial charge is 0.573 e. The van der Waals surface area contributed by atoms with Gasteiger partial charge in [0.25, 0.3) is 0 Å². The lowest BCUT2D eigenvalue weighted by Gasteiger charge is -2.17.